The van der Waals surface area contributed by atoms with E-state index in [1.165, 1.54) is 0 Å². The van der Waals surface area contributed by atoms with Gasteiger partial charge in [0.05, 0.1) is 0 Å². The minimum absolute atomic E-state index is 0.0163. The summed E-state index contributed by atoms with van der Waals surface area (Å²) in [6.07, 6.45) is 1.57. The van der Waals surface area contributed by atoms with Gasteiger partial charge in [-0.15, -0.1) is 0 Å². The number of rotatable bonds is 2. The lowest BCUT2D eigenvalue weighted by Crippen LogP contribution is -2.48. The van der Waals surface area contributed by atoms with Gasteiger partial charge < -0.3 is 15.8 Å². The molecule has 0 saturated heterocycles. The predicted molar refractivity (Wildman–Crippen MR) is 55.0 cm³/mol. The molecule has 3 N–H and O–H groups in total. The fraction of sp³-hybridized carbons (Fsp3) is 0.900. The topological polar surface area (TPSA) is 64.3 Å². The summed E-state index contributed by atoms with van der Waals surface area (Å²) in [5.74, 6) is 0. The smallest absolute Gasteiger partial charge is 0.407 e. The summed E-state index contributed by atoms with van der Waals surface area (Å²) in [7, 11) is 0. The minimum Gasteiger partial charge on any atom is -0.444 e. The van der Waals surface area contributed by atoms with Gasteiger partial charge in [-0.05, 0) is 40.5 Å². The molecular weight excluding hydrogens is 180 g/mol. The Morgan fingerprint density at radius 3 is 2.36 bits per heavy atom. The average molecular weight is 200 g/mol. The molecule has 0 heterocycles. The molecule has 4 nitrogen and oxygen atoms in total. The highest BCUT2D eigenvalue weighted by Crippen LogP contribution is 2.35. The second-order valence-electron chi connectivity index (χ2n) is 5.10. The predicted octanol–water partition coefficient (Wildman–Crippen LogP) is 1.39. The fourth-order valence-electron chi connectivity index (χ4n) is 1.21. The van der Waals surface area contributed by atoms with Crippen LogP contribution in [0.5, 0.6) is 0 Å². The van der Waals surface area contributed by atoms with Crippen LogP contribution in [-0.2, 0) is 4.74 Å². The van der Waals surface area contributed by atoms with Crippen LogP contribution < -0.4 is 11.1 Å². The first-order valence-corrected chi connectivity index (χ1v) is 5.01. The van der Waals surface area contributed by atoms with Crippen molar-refractivity contribution in [1.82, 2.24) is 5.32 Å². The fourth-order valence-corrected chi connectivity index (χ4v) is 1.21. The van der Waals surface area contributed by atoms with Crippen molar-refractivity contribution in [2.45, 2.75) is 57.7 Å². The molecule has 0 bridgehead atoms. The maximum absolute atomic E-state index is 11.4. The van der Waals surface area contributed by atoms with Crippen molar-refractivity contribution in [2.24, 2.45) is 5.73 Å². The number of carbonyl (C=O) groups is 1. The number of carbonyl (C=O) groups excluding carboxylic acids is 1. The summed E-state index contributed by atoms with van der Waals surface area (Å²) >= 11 is 0. The van der Waals surface area contributed by atoms with Crippen molar-refractivity contribution >= 4 is 6.09 Å². The molecule has 1 aliphatic carbocycles. The number of amides is 1. The molecular formula is C10H20N2O2. The van der Waals surface area contributed by atoms with Crippen molar-refractivity contribution < 1.29 is 9.53 Å². The normalized spacial score (nSPS) is 21.2. The zero-order chi connectivity index (χ0) is 11.0. The molecule has 82 valence electrons. The van der Waals surface area contributed by atoms with Crippen LogP contribution in [-0.4, -0.2) is 23.3 Å². The molecule has 0 aromatic heterocycles. The molecule has 1 amide bonds. The van der Waals surface area contributed by atoms with E-state index in [-0.39, 0.29) is 17.7 Å². The van der Waals surface area contributed by atoms with Crippen LogP contribution in [0.25, 0.3) is 0 Å². The number of hydrogen-bond acceptors (Lipinski definition) is 3. The summed E-state index contributed by atoms with van der Waals surface area (Å²) in [4.78, 5) is 11.4. The molecule has 1 aliphatic rings. The maximum Gasteiger partial charge on any atom is 0.407 e. The number of ether oxygens (including phenoxy) is 1. The van der Waals surface area contributed by atoms with Crippen molar-refractivity contribution in [1.29, 1.82) is 0 Å². The highest BCUT2D eigenvalue weighted by atomic mass is 16.6. The van der Waals surface area contributed by atoms with Crippen LogP contribution in [0.3, 0.4) is 0 Å². The molecule has 1 fully saturated rings. The number of nitrogens with one attached hydrogen (secondary N) is 1. The van der Waals surface area contributed by atoms with Crippen LogP contribution in [0, 0.1) is 0 Å². The molecule has 0 unspecified atom stereocenters. The van der Waals surface area contributed by atoms with Crippen molar-refractivity contribution in [3.63, 3.8) is 0 Å². The van der Waals surface area contributed by atoms with Crippen LogP contribution in [0.1, 0.15) is 40.5 Å². The summed E-state index contributed by atoms with van der Waals surface area (Å²) in [6, 6.07) is -0.0163. The number of alkyl carbamates (subject to hydrolysis) is 1. The van der Waals surface area contributed by atoms with Gasteiger partial charge in [-0.25, -0.2) is 4.79 Å². The van der Waals surface area contributed by atoms with Crippen molar-refractivity contribution in [3.05, 3.63) is 0 Å². The zero-order valence-electron chi connectivity index (χ0n) is 9.39. The summed E-state index contributed by atoms with van der Waals surface area (Å²) in [6.45, 7) is 7.43. The van der Waals surface area contributed by atoms with Crippen molar-refractivity contribution in [2.75, 3.05) is 0 Å². The highest BCUT2D eigenvalue weighted by Gasteiger charge is 2.44. The molecule has 0 spiro atoms. The first-order valence-electron chi connectivity index (χ1n) is 5.01. The monoisotopic (exact) mass is 200 g/mol. The van der Waals surface area contributed by atoms with E-state index in [0.29, 0.717) is 0 Å². The van der Waals surface area contributed by atoms with Gasteiger partial charge >= 0.3 is 6.09 Å². The van der Waals surface area contributed by atoms with E-state index < -0.39 is 5.60 Å². The first-order chi connectivity index (χ1) is 6.23. The van der Waals surface area contributed by atoms with Crippen LogP contribution in [0.4, 0.5) is 4.79 Å². The molecule has 14 heavy (non-hydrogen) atoms. The van der Waals surface area contributed by atoms with Crippen LogP contribution in [0.2, 0.25) is 0 Å². The second-order valence-corrected chi connectivity index (χ2v) is 5.10. The summed E-state index contributed by atoms with van der Waals surface area (Å²) < 4.78 is 5.13. The third-order valence-electron chi connectivity index (χ3n) is 2.42. The Morgan fingerprint density at radius 2 is 2.00 bits per heavy atom. The molecule has 1 atom stereocenters. The van der Waals surface area contributed by atoms with E-state index in [1.807, 2.05) is 27.7 Å². The van der Waals surface area contributed by atoms with E-state index >= 15 is 0 Å². The number of hydrogen-bond donors (Lipinski definition) is 2. The van der Waals surface area contributed by atoms with Gasteiger partial charge in [0.25, 0.3) is 0 Å². The molecule has 1 saturated carbocycles. The van der Waals surface area contributed by atoms with E-state index in [1.54, 1.807) is 0 Å². The molecule has 1 rings (SSSR count). The molecule has 0 radical (unpaired) electrons. The van der Waals surface area contributed by atoms with Crippen molar-refractivity contribution in [3.8, 4) is 0 Å². The van der Waals surface area contributed by atoms with Gasteiger partial charge in [0, 0.05) is 11.6 Å². The minimum atomic E-state index is -0.449. The van der Waals surface area contributed by atoms with Gasteiger partial charge in [-0.2, -0.15) is 0 Å². The quantitative estimate of drug-likeness (QED) is 0.708. The lowest BCUT2D eigenvalue weighted by molar-refractivity contribution is 0.0498. The van der Waals surface area contributed by atoms with E-state index in [0.717, 1.165) is 12.8 Å². The van der Waals surface area contributed by atoms with Gasteiger partial charge in [-0.3, -0.25) is 0 Å². The Bertz CT molecular complexity index is 229. The Hall–Kier alpha value is -0.770. The Kier molecular flexibility index (Phi) is 2.76. The average Bonchev–Trinajstić information content (AvgIpc) is 2.64. The molecule has 0 aromatic carbocycles. The lowest BCUT2D eigenvalue weighted by Gasteiger charge is -2.24. The first kappa shape index (κ1) is 11.3. The third-order valence-corrected chi connectivity index (χ3v) is 2.42. The largest absolute Gasteiger partial charge is 0.444 e. The molecule has 0 aliphatic heterocycles. The van der Waals surface area contributed by atoms with E-state index in [2.05, 4.69) is 5.32 Å². The maximum atomic E-state index is 11.4. The van der Waals surface area contributed by atoms with E-state index in [9.17, 15) is 4.79 Å². The Labute approximate surface area is 85.2 Å². The Balaban J connectivity index is 2.34. The Morgan fingerprint density at radius 1 is 1.50 bits per heavy atom. The second kappa shape index (κ2) is 3.42. The number of nitrogens with two attached hydrogens (primary N) is 1. The summed E-state index contributed by atoms with van der Waals surface area (Å²) in [5, 5.41) is 2.75. The lowest BCUT2D eigenvalue weighted by atomic mass is 10.1. The van der Waals surface area contributed by atoms with Crippen LogP contribution >= 0.6 is 0 Å². The SMILES string of the molecule is C[C@@H](NC(=O)OC(C)(C)C)C1(N)CC1. The van der Waals surface area contributed by atoms with Gasteiger partial charge in [0.2, 0.25) is 0 Å². The molecule has 4 heteroatoms. The standard InChI is InChI=1S/C10H20N2O2/c1-7(10(11)5-6-10)12-8(13)14-9(2,3)4/h7H,5-6,11H2,1-4H3,(H,12,13)/t7-/m1/s1. The third kappa shape index (κ3) is 3.18. The van der Waals surface area contributed by atoms with Gasteiger partial charge in [-0.1, -0.05) is 0 Å². The van der Waals surface area contributed by atoms with Crippen LogP contribution in [0.15, 0.2) is 0 Å². The van der Waals surface area contributed by atoms with Gasteiger partial charge in [0.1, 0.15) is 5.60 Å². The summed E-state index contributed by atoms with van der Waals surface area (Å²) in [5.41, 5.74) is 5.29. The van der Waals surface area contributed by atoms with Gasteiger partial charge in [0.15, 0.2) is 0 Å². The zero-order valence-corrected chi connectivity index (χ0v) is 9.39. The van der Waals surface area contributed by atoms with E-state index in [4.69, 9.17) is 10.5 Å². The highest BCUT2D eigenvalue weighted by molar-refractivity contribution is 5.68. The molecule has 0 aromatic rings.